The largest absolute Gasteiger partial charge is 0.290 e. The highest BCUT2D eigenvalue weighted by Crippen LogP contribution is 1.89. The van der Waals surface area contributed by atoms with E-state index in [-0.39, 0.29) is 0 Å². The van der Waals surface area contributed by atoms with Gasteiger partial charge in [0.2, 0.25) is 0 Å². The fraction of sp³-hybridized carbons (Fsp3) is 0.556. The van der Waals surface area contributed by atoms with E-state index in [9.17, 15) is 0 Å². The Balaban J connectivity index is 0. The molecule has 0 aromatic carbocycles. The Hall–Kier alpha value is -0.920. The molecule has 0 aromatic rings. The molecule has 0 heterocycles. The highest BCUT2D eigenvalue weighted by atomic mass is 14.7. The predicted molar refractivity (Wildman–Crippen MR) is 52.7 cm³/mol. The summed E-state index contributed by atoms with van der Waals surface area (Å²) in [4.78, 5) is 3.64. The van der Waals surface area contributed by atoms with Crippen molar-refractivity contribution in [2.24, 2.45) is 4.99 Å². The normalized spacial score (nSPS) is 10.7. The molecule has 0 aromatic heterocycles. The summed E-state index contributed by atoms with van der Waals surface area (Å²) in [6, 6.07) is 0. The van der Waals surface area contributed by atoms with Crippen molar-refractivity contribution >= 4 is 12.6 Å². The predicted octanol–water partition coefficient (Wildman–Crippen LogP) is 3.05. The Morgan fingerprint density at radius 3 is 2.36 bits per heavy atom. The number of nitrogens with one attached hydrogen (secondary N) is 1. The van der Waals surface area contributed by atoms with Gasteiger partial charge in [-0.3, -0.25) is 5.41 Å². The van der Waals surface area contributed by atoms with Crippen LogP contribution in [0, 0.1) is 5.41 Å². The highest BCUT2D eigenvalue weighted by Gasteiger charge is 1.76. The molecule has 0 saturated heterocycles. The van der Waals surface area contributed by atoms with Crippen LogP contribution in [0.3, 0.4) is 0 Å². The third-order valence-corrected chi connectivity index (χ3v) is 0.879. The minimum absolute atomic E-state index is 1.02. The Kier molecular flexibility index (Phi) is 13.7. The molecule has 0 saturated carbocycles. The molecule has 1 N–H and O–H groups in total. The van der Waals surface area contributed by atoms with Crippen molar-refractivity contribution in [2.45, 2.75) is 34.1 Å². The van der Waals surface area contributed by atoms with Gasteiger partial charge in [-0.1, -0.05) is 26.8 Å². The number of hydrogen-bond acceptors (Lipinski definition) is 1. The number of aliphatic imine (C=N–C) groups is 1. The smallest absolute Gasteiger partial charge is 0.106 e. The first-order valence-electron chi connectivity index (χ1n) is 4.00. The van der Waals surface area contributed by atoms with Crippen molar-refractivity contribution in [3.8, 4) is 0 Å². The second kappa shape index (κ2) is 11.8. The molecule has 0 aliphatic carbocycles. The average Bonchev–Trinajstić information content (AvgIpc) is 2.05. The zero-order chi connectivity index (χ0) is 9.11. The standard InChI is InChI=1S/C7H12N2.C2H6/c1-3-4-7(2)5-9-6-8;1-2/h4-6,8H,3H2,1-2H3;1-2H3/b7-4-,8-6?,9-5?;. The Morgan fingerprint density at radius 1 is 1.45 bits per heavy atom. The minimum atomic E-state index is 1.02. The van der Waals surface area contributed by atoms with Gasteiger partial charge in [-0.05, 0) is 18.9 Å². The number of nitrogens with zero attached hydrogens (tertiary/aromatic N) is 1. The molecule has 11 heavy (non-hydrogen) atoms. The summed E-state index contributed by atoms with van der Waals surface area (Å²) in [5, 5.41) is 6.58. The maximum Gasteiger partial charge on any atom is 0.106 e. The van der Waals surface area contributed by atoms with E-state index < -0.39 is 0 Å². The highest BCUT2D eigenvalue weighted by molar-refractivity contribution is 5.83. The van der Waals surface area contributed by atoms with Crippen molar-refractivity contribution < 1.29 is 0 Å². The molecule has 2 nitrogen and oxygen atoms in total. The second-order valence-corrected chi connectivity index (χ2v) is 1.76. The molecule has 0 amide bonds. The van der Waals surface area contributed by atoms with Crippen LogP contribution in [-0.2, 0) is 0 Å². The molecule has 0 bridgehead atoms. The zero-order valence-corrected chi connectivity index (χ0v) is 7.89. The quantitative estimate of drug-likeness (QED) is 0.479. The Labute approximate surface area is 69.6 Å². The summed E-state index contributed by atoms with van der Waals surface area (Å²) in [7, 11) is 0. The van der Waals surface area contributed by atoms with Gasteiger partial charge in [0.1, 0.15) is 6.34 Å². The molecule has 0 aliphatic rings. The van der Waals surface area contributed by atoms with Crippen LogP contribution >= 0.6 is 0 Å². The third kappa shape index (κ3) is 12.3. The molecule has 0 spiro atoms. The summed E-state index contributed by atoms with van der Waals surface area (Å²) >= 11 is 0. The van der Waals surface area contributed by atoms with E-state index in [1.54, 1.807) is 6.21 Å². The van der Waals surface area contributed by atoms with Crippen molar-refractivity contribution in [3.05, 3.63) is 11.6 Å². The third-order valence-electron chi connectivity index (χ3n) is 0.879. The van der Waals surface area contributed by atoms with Crippen LogP contribution in [0.25, 0.3) is 0 Å². The van der Waals surface area contributed by atoms with Gasteiger partial charge in [0, 0.05) is 6.21 Å². The topological polar surface area (TPSA) is 36.2 Å². The fourth-order valence-corrected chi connectivity index (χ4v) is 0.530. The van der Waals surface area contributed by atoms with Gasteiger partial charge >= 0.3 is 0 Å². The van der Waals surface area contributed by atoms with Gasteiger partial charge < -0.3 is 0 Å². The average molecular weight is 154 g/mol. The first-order valence-corrected chi connectivity index (χ1v) is 4.00. The van der Waals surface area contributed by atoms with Gasteiger partial charge in [-0.15, -0.1) is 0 Å². The van der Waals surface area contributed by atoms with Gasteiger partial charge in [0.25, 0.3) is 0 Å². The van der Waals surface area contributed by atoms with E-state index in [2.05, 4.69) is 18.0 Å². The van der Waals surface area contributed by atoms with Crippen LogP contribution in [0.5, 0.6) is 0 Å². The molecule has 64 valence electrons. The molecule has 0 aliphatic heterocycles. The SMILES string of the molecule is CC.CC/C=C(/C)C=NC=N. The Morgan fingerprint density at radius 2 is 2.00 bits per heavy atom. The van der Waals surface area contributed by atoms with Crippen LogP contribution in [-0.4, -0.2) is 12.6 Å². The molecule has 0 atom stereocenters. The monoisotopic (exact) mass is 154 g/mol. The van der Waals surface area contributed by atoms with Crippen molar-refractivity contribution in [1.82, 2.24) is 0 Å². The van der Waals surface area contributed by atoms with E-state index in [4.69, 9.17) is 5.41 Å². The van der Waals surface area contributed by atoms with Crippen LogP contribution in [0.2, 0.25) is 0 Å². The summed E-state index contributed by atoms with van der Waals surface area (Å²) in [5.41, 5.74) is 1.11. The van der Waals surface area contributed by atoms with E-state index in [1.165, 1.54) is 0 Å². The molecule has 0 radical (unpaired) electrons. The lowest BCUT2D eigenvalue weighted by molar-refractivity contribution is 1.21. The van der Waals surface area contributed by atoms with Gasteiger partial charge in [0.05, 0.1) is 0 Å². The van der Waals surface area contributed by atoms with Gasteiger partial charge in [-0.2, -0.15) is 0 Å². The van der Waals surface area contributed by atoms with Crippen LogP contribution in [0.1, 0.15) is 34.1 Å². The fourth-order valence-electron chi connectivity index (χ4n) is 0.530. The van der Waals surface area contributed by atoms with Crippen LogP contribution in [0.15, 0.2) is 16.6 Å². The van der Waals surface area contributed by atoms with Crippen molar-refractivity contribution in [2.75, 3.05) is 0 Å². The van der Waals surface area contributed by atoms with E-state index in [1.807, 2.05) is 20.8 Å². The van der Waals surface area contributed by atoms with Crippen molar-refractivity contribution in [3.63, 3.8) is 0 Å². The van der Waals surface area contributed by atoms with E-state index >= 15 is 0 Å². The van der Waals surface area contributed by atoms with Crippen LogP contribution < -0.4 is 0 Å². The maximum atomic E-state index is 6.58. The molecule has 2 heteroatoms. The van der Waals surface area contributed by atoms with Crippen molar-refractivity contribution in [1.29, 1.82) is 5.41 Å². The number of rotatable bonds is 3. The second-order valence-electron chi connectivity index (χ2n) is 1.76. The minimum Gasteiger partial charge on any atom is -0.290 e. The number of hydrogen-bond donors (Lipinski definition) is 1. The van der Waals surface area contributed by atoms with Gasteiger partial charge in [0.15, 0.2) is 0 Å². The molecule has 0 unspecified atom stereocenters. The number of allylic oxidation sites excluding steroid dienone is 2. The summed E-state index contributed by atoms with van der Waals surface area (Å²) < 4.78 is 0. The summed E-state index contributed by atoms with van der Waals surface area (Å²) in [5.74, 6) is 0. The maximum absolute atomic E-state index is 6.58. The van der Waals surface area contributed by atoms with Crippen LogP contribution in [0.4, 0.5) is 0 Å². The van der Waals surface area contributed by atoms with Gasteiger partial charge in [-0.25, -0.2) is 4.99 Å². The first kappa shape index (κ1) is 12.7. The lowest BCUT2D eigenvalue weighted by Gasteiger charge is -1.84. The zero-order valence-electron chi connectivity index (χ0n) is 7.89. The molecular weight excluding hydrogens is 136 g/mol. The molecular formula is C9H18N2. The lowest BCUT2D eigenvalue weighted by atomic mass is 10.3. The lowest BCUT2D eigenvalue weighted by Crippen LogP contribution is -1.76. The summed E-state index contributed by atoms with van der Waals surface area (Å²) in [6.45, 7) is 8.04. The molecule has 0 fully saturated rings. The van der Waals surface area contributed by atoms with E-state index in [0.717, 1.165) is 18.3 Å². The Bertz CT molecular complexity index is 134. The van der Waals surface area contributed by atoms with E-state index in [0.29, 0.717) is 0 Å². The summed E-state index contributed by atoms with van der Waals surface area (Å²) in [6.07, 6.45) is 5.80. The first-order chi connectivity index (χ1) is 5.31. The molecule has 0 rings (SSSR count).